The SMILES string of the molecule is CSc1ccc(C(=O)NCc2cccc(N)c2C)cc1. The smallest absolute Gasteiger partial charge is 0.251 e. The predicted molar refractivity (Wildman–Crippen MR) is 85.0 cm³/mol. The molecule has 0 radical (unpaired) electrons. The molecule has 0 bridgehead atoms. The van der Waals surface area contributed by atoms with Gasteiger partial charge in [0.15, 0.2) is 0 Å². The van der Waals surface area contributed by atoms with Gasteiger partial charge in [0.25, 0.3) is 5.91 Å². The van der Waals surface area contributed by atoms with Gasteiger partial charge in [0.05, 0.1) is 0 Å². The minimum absolute atomic E-state index is 0.0699. The van der Waals surface area contributed by atoms with Crippen LogP contribution in [0.25, 0.3) is 0 Å². The molecule has 0 fully saturated rings. The highest BCUT2D eigenvalue weighted by Gasteiger charge is 2.07. The molecule has 2 aromatic carbocycles. The quantitative estimate of drug-likeness (QED) is 0.670. The molecule has 3 nitrogen and oxygen atoms in total. The fourth-order valence-corrected chi connectivity index (χ4v) is 2.32. The van der Waals surface area contributed by atoms with E-state index in [-0.39, 0.29) is 5.91 Å². The summed E-state index contributed by atoms with van der Waals surface area (Å²) in [6, 6.07) is 13.3. The van der Waals surface area contributed by atoms with Crippen molar-refractivity contribution < 1.29 is 4.79 Å². The highest BCUT2D eigenvalue weighted by atomic mass is 32.2. The first-order chi connectivity index (χ1) is 9.61. The van der Waals surface area contributed by atoms with E-state index in [0.29, 0.717) is 12.1 Å². The predicted octanol–water partition coefficient (Wildman–Crippen LogP) is 3.23. The molecular formula is C16H18N2OS. The van der Waals surface area contributed by atoms with E-state index in [4.69, 9.17) is 5.73 Å². The normalized spacial score (nSPS) is 10.3. The fourth-order valence-electron chi connectivity index (χ4n) is 1.91. The summed E-state index contributed by atoms with van der Waals surface area (Å²) >= 11 is 1.66. The Bertz CT molecular complexity index is 608. The van der Waals surface area contributed by atoms with Gasteiger partial charge >= 0.3 is 0 Å². The maximum absolute atomic E-state index is 12.1. The van der Waals surface area contributed by atoms with Gasteiger partial charge in [-0.2, -0.15) is 0 Å². The zero-order chi connectivity index (χ0) is 14.5. The summed E-state index contributed by atoms with van der Waals surface area (Å²) in [7, 11) is 0. The molecule has 2 rings (SSSR count). The van der Waals surface area contributed by atoms with Crippen LogP contribution in [0.1, 0.15) is 21.5 Å². The first kappa shape index (κ1) is 14.5. The molecule has 0 unspecified atom stereocenters. The standard InChI is InChI=1S/C16H18N2OS/c1-11-13(4-3-5-15(11)17)10-18-16(19)12-6-8-14(20-2)9-7-12/h3-9H,10,17H2,1-2H3,(H,18,19). The molecule has 0 aliphatic heterocycles. The van der Waals surface area contributed by atoms with Crippen LogP contribution in [0.4, 0.5) is 5.69 Å². The van der Waals surface area contributed by atoms with Crippen LogP contribution in [-0.4, -0.2) is 12.2 Å². The topological polar surface area (TPSA) is 55.1 Å². The number of nitrogens with one attached hydrogen (secondary N) is 1. The van der Waals surface area contributed by atoms with Gasteiger partial charge < -0.3 is 11.1 Å². The Hall–Kier alpha value is -1.94. The monoisotopic (exact) mass is 286 g/mol. The first-order valence-electron chi connectivity index (χ1n) is 6.38. The van der Waals surface area contributed by atoms with E-state index < -0.39 is 0 Å². The zero-order valence-electron chi connectivity index (χ0n) is 11.6. The number of hydrogen-bond donors (Lipinski definition) is 2. The number of hydrogen-bond acceptors (Lipinski definition) is 3. The van der Waals surface area contributed by atoms with Crippen LogP contribution in [-0.2, 0) is 6.54 Å². The summed E-state index contributed by atoms with van der Waals surface area (Å²) in [4.78, 5) is 13.2. The van der Waals surface area contributed by atoms with Gasteiger partial charge in [-0.1, -0.05) is 12.1 Å². The highest BCUT2D eigenvalue weighted by Crippen LogP contribution is 2.16. The van der Waals surface area contributed by atoms with Crippen molar-refractivity contribution in [2.24, 2.45) is 0 Å². The van der Waals surface area contributed by atoms with Crippen molar-refractivity contribution in [3.05, 3.63) is 59.2 Å². The molecule has 0 aliphatic carbocycles. The molecule has 0 saturated carbocycles. The number of amides is 1. The van der Waals surface area contributed by atoms with Crippen LogP contribution in [0, 0.1) is 6.92 Å². The number of thioether (sulfide) groups is 1. The Labute approximate surface area is 123 Å². The Morgan fingerprint density at radius 2 is 1.90 bits per heavy atom. The van der Waals surface area contributed by atoms with E-state index >= 15 is 0 Å². The lowest BCUT2D eigenvalue weighted by atomic mass is 10.1. The van der Waals surface area contributed by atoms with Gasteiger partial charge in [-0.25, -0.2) is 0 Å². The molecular weight excluding hydrogens is 268 g/mol. The number of carbonyl (C=O) groups excluding carboxylic acids is 1. The Kier molecular flexibility index (Phi) is 4.69. The van der Waals surface area contributed by atoms with E-state index in [1.54, 1.807) is 11.8 Å². The average Bonchev–Trinajstić information content (AvgIpc) is 2.48. The third kappa shape index (κ3) is 3.33. The number of anilines is 1. The van der Waals surface area contributed by atoms with Crippen molar-refractivity contribution in [3.63, 3.8) is 0 Å². The number of rotatable bonds is 4. The second kappa shape index (κ2) is 6.48. The second-order valence-electron chi connectivity index (χ2n) is 4.54. The summed E-state index contributed by atoms with van der Waals surface area (Å²) in [6.45, 7) is 2.45. The van der Waals surface area contributed by atoms with Gasteiger partial charge in [-0.15, -0.1) is 11.8 Å². The lowest BCUT2D eigenvalue weighted by Crippen LogP contribution is -2.23. The number of benzene rings is 2. The average molecular weight is 286 g/mol. The molecule has 1 amide bonds. The molecule has 0 atom stereocenters. The van der Waals surface area contributed by atoms with Crippen molar-refractivity contribution in [1.29, 1.82) is 0 Å². The summed E-state index contributed by atoms with van der Waals surface area (Å²) in [5, 5.41) is 2.92. The highest BCUT2D eigenvalue weighted by molar-refractivity contribution is 7.98. The van der Waals surface area contributed by atoms with E-state index in [1.807, 2.05) is 55.6 Å². The number of nitrogen functional groups attached to an aromatic ring is 1. The van der Waals surface area contributed by atoms with Crippen molar-refractivity contribution >= 4 is 23.4 Å². The second-order valence-corrected chi connectivity index (χ2v) is 5.42. The van der Waals surface area contributed by atoms with Crippen LogP contribution in [0.2, 0.25) is 0 Å². The minimum Gasteiger partial charge on any atom is -0.399 e. The largest absolute Gasteiger partial charge is 0.399 e. The van der Waals surface area contributed by atoms with Crippen LogP contribution < -0.4 is 11.1 Å². The molecule has 0 heterocycles. The lowest BCUT2D eigenvalue weighted by molar-refractivity contribution is 0.0951. The third-order valence-corrected chi connectivity index (χ3v) is 4.02. The van der Waals surface area contributed by atoms with Crippen LogP contribution >= 0.6 is 11.8 Å². The Morgan fingerprint density at radius 3 is 2.55 bits per heavy atom. The molecule has 0 aliphatic rings. The van der Waals surface area contributed by atoms with Gasteiger partial charge in [0.2, 0.25) is 0 Å². The summed E-state index contributed by atoms with van der Waals surface area (Å²) in [5.74, 6) is -0.0699. The van der Waals surface area contributed by atoms with Crippen molar-refractivity contribution in [2.75, 3.05) is 12.0 Å². The number of carbonyl (C=O) groups is 1. The third-order valence-electron chi connectivity index (χ3n) is 3.28. The van der Waals surface area contributed by atoms with Crippen molar-refractivity contribution in [3.8, 4) is 0 Å². The Balaban J connectivity index is 2.02. The van der Waals surface area contributed by atoms with E-state index in [0.717, 1.165) is 21.7 Å². The molecule has 0 aromatic heterocycles. The van der Waals surface area contributed by atoms with Crippen LogP contribution in [0.5, 0.6) is 0 Å². The minimum atomic E-state index is -0.0699. The van der Waals surface area contributed by atoms with Gasteiger partial charge in [-0.05, 0) is 54.6 Å². The summed E-state index contributed by atoms with van der Waals surface area (Å²) < 4.78 is 0. The van der Waals surface area contributed by atoms with Crippen LogP contribution in [0.3, 0.4) is 0 Å². The van der Waals surface area contributed by atoms with Crippen LogP contribution in [0.15, 0.2) is 47.4 Å². The van der Waals surface area contributed by atoms with Crippen molar-refractivity contribution in [1.82, 2.24) is 5.32 Å². The number of nitrogens with two attached hydrogens (primary N) is 1. The van der Waals surface area contributed by atoms with Gasteiger partial charge in [0, 0.05) is 22.7 Å². The maximum Gasteiger partial charge on any atom is 0.251 e. The Morgan fingerprint density at radius 1 is 1.20 bits per heavy atom. The molecule has 104 valence electrons. The van der Waals surface area contributed by atoms with Gasteiger partial charge in [0.1, 0.15) is 0 Å². The first-order valence-corrected chi connectivity index (χ1v) is 7.60. The summed E-state index contributed by atoms with van der Waals surface area (Å²) in [5.41, 5.74) is 9.34. The molecule has 0 spiro atoms. The molecule has 3 N–H and O–H groups in total. The van der Waals surface area contributed by atoms with Crippen molar-refractivity contribution in [2.45, 2.75) is 18.4 Å². The van der Waals surface area contributed by atoms with Gasteiger partial charge in [-0.3, -0.25) is 4.79 Å². The molecule has 20 heavy (non-hydrogen) atoms. The van der Waals surface area contributed by atoms with E-state index in [2.05, 4.69) is 5.32 Å². The fraction of sp³-hybridized carbons (Fsp3) is 0.188. The lowest BCUT2D eigenvalue weighted by Gasteiger charge is -2.10. The molecule has 0 saturated heterocycles. The van der Waals surface area contributed by atoms with E-state index in [9.17, 15) is 4.79 Å². The zero-order valence-corrected chi connectivity index (χ0v) is 12.5. The molecule has 2 aromatic rings. The molecule has 4 heteroatoms. The van der Waals surface area contributed by atoms with E-state index in [1.165, 1.54) is 0 Å². The maximum atomic E-state index is 12.1. The summed E-state index contributed by atoms with van der Waals surface area (Å²) in [6.07, 6.45) is 2.01.